The molecule has 2 aromatic carbocycles. The summed E-state index contributed by atoms with van der Waals surface area (Å²) in [6.07, 6.45) is 1.04. The molecule has 9 heteroatoms. The molecule has 0 unspecified atom stereocenters. The van der Waals surface area contributed by atoms with Gasteiger partial charge in [0.15, 0.2) is 0 Å². The number of hydrogen-bond acceptors (Lipinski definition) is 4. The van der Waals surface area contributed by atoms with Gasteiger partial charge >= 0.3 is 6.18 Å². The van der Waals surface area contributed by atoms with Crippen LogP contribution in [0.1, 0.15) is 49.7 Å². The van der Waals surface area contributed by atoms with E-state index in [9.17, 15) is 26.4 Å². The minimum atomic E-state index is -4.63. The first-order valence-electron chi connectivity index (χ1n) is 10.5. The Morgan fingerprint density at radius 3 is 2.25 bits per heavy atom. The molecule has 1 aliphatic carbocycles. The standard InChI is InChI=1S/C23H27F3N2O3S/c1-27-22(12-3-2-4-13-22)15-21(29)28-16-17-8-10-19(11-9-17)32(30,31)20-7-5-6-18(14-20)23(24,25)26/h5-11,14,27H,2-4,12-13,15-16H2,1H3,(H,28,29). The fourth-order valence-corrected chi connectivity index (χ4v) is 5.38. The van der Waals surface area contributed by atoms with Crippen molar-refractivity contribution in [2.45, 2.75) is 66.6 Å². The van der Waals surface area contributed by atoms with E-state index in [1.807, 2.05) is 7.05 Å². The maximum Gasteiger partial charge on any atom is 0.416 e. The zero-order valence-electron chi connectivity index (χ0n) is 17.8. The van der Waals surface area contributed by atoms with E-state index in [-0.39, 0.29) is 22.9 Å². The number of sulfone groups is 1. The van der Waals surface area contributed by atoms with Crippen molar-refractivity contribution < 1.29 is 26.4 Å². The summed E-state index contributed by atoms with van der Waals surface area (Å²) in [5.74, 6) is -0.0816. The van der Waals surface area contributed by atoms with Crippen molar-refractivity contribution in [3.8, 4) is 0 Å². The number of rotatable bonds is 7. The summed E-state index contributed by atoms with van der Waals surface area (Å²) in [6, 6.07) is 9.46. The Morgan fingerprint density at radius 1 is 1.00 bits per heavy atom. The predicted molar refractivity (Wildman–Crippen MR) is 115 cm³/mol. The maximum atomic E-state index is 12.9. The van der Waals surface area contributed by atoms with E-state index in [2.05, 4.69) is 10.6 Å². The minimum Gasteiger partial charge on any atom is -0.352 e. The van der Waals surface area contributed by atoms with Crippen LogP contribution in [0.4, 0.5) is 13.2 Å². The van der Waals surface area contributed by atoms with E-state index in [0.717, 1.165) is 43.9 Å². The molecule has 0 spiro atoms. The van der Waals surface area contributed by atoms with Crippen molar-refractivity contribution >= 4 is 15.7 Å². The second kappa shape index (κ2) is 9.62. The van der Waals surface area contributed by atoms with E-state index in [1.54, 1.807) is 12.1 Å². The highest BCUT2D eigenvalue weighted by Crippen LogP contribution is 2.32. The Kier molecular flexibility index (Phi) is 7.29. The van der Waals surface area contributed by atoms with Crippen LogP contribution in [-0.2, 0) is 27.4 Å². The molecule has 0 radical (unpaired) electrons. The largest absolute Gasteiger partial charge is 0.416 e. The summed E-state index contributed by atoms with van der Waals surface area (Å²) in [4.78, 5) is 11.9. The summed E-state index contributed by atoms with van der Waals surface area (Å²) in [5.41, 5.74) is -0.496. The summed E-state index contributed by atoms with van der Waals surface area (Å²) < 4.78 is 64.2. The SMILES string of the molecule is CNC1(CC(=O)NCc2ccc(S(=O)(=O)c3cccc(C(F)(F)F)c3)cc2)CCCCC1. The molecular weight excluding hydrogens is 441 g/mol. The van der Waals surface area contributed by atoms with Crippen molar-refractivity contribution in [3.63, 3.8) is 0 Å². The number of carbonyl (C=O) groups excluding carboxylic acids is 1. The Morgan fingerprint density at radius 2 is 1.66 bits per heavy atom. The fraction of sp³-hybridized carbons (Fsp3) is 0.435. The maximum absolute atomic E-state index is 12.9. The lowest BCUT2D eigenvalue weighted by Crippen LogP contribution is -2.48. The molecule has 174 valence electrons. The Bertz CT molecular complexity index is 1040. The molecule has 0 aliphatic heterocycles. The van der Waals surface area contributed by atoms with Gasteiger partial charge in [-0.15, -0.1) is 0 Å². The van der Waals surface area contributed by atoms with Gasteiger partial charge in [-0.1, -0.05) is 37.5 Å². The number of halogens is 3. The predicted octanol–water partition coefficient (Wildman–Crippen LogP) is 4.47. The molecule has 0 saturated heterocycles. The van der Waals surface area contributed by atoms with Crippen molar-refractivity contribution in [2.75, 3.05) is 7.05 Å². The van der Waals surface area contributed by atoms with Gasteiger partial charge in [0.2, 0.25) is 15.7 Å². The van der Waals surface area contributed by atoms with Gasteiger partial charge in [-0.25, -0.2) is 8.42 Å². The molecule has 1 fully saturated rings. The molecular formula is C23H27F3N2O3S. The first kappa shape index (κ1) is 24.3. The highest BCUT2D eigenvalue weighted by atomic mass is 32.2. The molecule has 32 heavy (non-hydrogen) atoms. The lowest BCUT2D eigenvalue weighted by atomic mass is 9.79. The van der Waals surface area contributed by atoms with Crippen LogP contribution >= 0.6 is 0 Å². The van der Waals surface area contributed by atoms with E-state index >= 15 is 0 Å². The topological polar surface area (TPSA) is 75.3 Å². The second-order valence-electron chi connectivity index (χ2n) is 8.22. The molecule has 3 rings (SSSR count). The molecule has 0 bridgehead atoms. The molecule has 1 saturated carbocycles. The lowest BCUT2D eigenvalue weighted by Gasteiger charge is -2.36. The third-order valence-electron chi connectivity index (χ3n) is 6.03. The van der Waals surface area contributed by atoms with Crippen molar-refractivity contribution in [2.24, 2.45) is 0 Å². The van der Waals surface area contributed by atoms with E-state index in [4.69, 9.17) is 0 Å². The van der Waals surface area contributed by atoms with E-state index < -0.39 is 26.5 Å². The second-order valence-corrected chi connectivity index (χ2v) is 10.2. The molecule has 0 aromatic heterocycles. The molecule has 0 heterocycles. The van der Waals surface area contributed by atoms with E-state index in [0.29, 0.717) is 18.1 Å². The van der Waals surface area contributed by atoms with Gasteiger partial charge in [0.05, 0.1) is 15.4 Å². The number of alkyl halides is 3. The van der Waals surface area contributed by atoms with Crippen LogP contribution in [0.3, 0.4) is 0 Å². The normalized spacial score (nSPS) is 16.5. The number of benzene rings is 2. The van der Waals surface area contributed by atoms with Gasteiger partial charge in [0, 0.05) is 18.5 Å². The van der Waals surface area contributed by atoms with Gasteiger partial charge in [-0.2, -0.15) is 13.2 Å². The van der Waals surface area contributed by atoms with Gasteiger partial charge < -0.3 is 10.6 Å². The van der Waals surface area contributed by atoms with Crippen molar-refractivity contribution in [3.05, 3.63) is 59.7 Å². The number of nitrogens with one attached hydrogen (secondary N) is 2. The van der Waals surface area contributed by atoms with Crippen LogP contribution in [0.2, 0.25) is 0 Å². The first-order valence-corrected chi connectivity index (χ1v) is 12.0. The molecule has 0 atom stereocenters. The molecule has 1 aliphatic rings. The molecule has 5 nitrogen and oxygen atoms in total. The van der Waals surface area contributed by atoms with Gasteiger partial charge in [-0.05, 0) is 55.8 Å². The van der Waals surface area contributed by atoms with Gasteiger partial charge in [0.25, 0.3) is 0 Å². The third-order valence-corrected chi connectivity index (χ3v) is 7.80. The molecule has 1 amide bonds. The number of carbonyl (C=O) groups is 1. The Labute approximate surface area is 186 Å². The average Bonchev–Trinajstić information content (AvgIpc) is 2.78. The quantitative estimate of drug-likeness (QED) is 0.629. The van der Waals surface area contributed by atoms with Crippen LogP contribution in [0, 0.1) is 0 Å². The summed E-state index contributed by atoms with van der Waals surface area (Å²) in [5, 5.41) is 6.17. The van der Waals surface area contributed by atoms with Crippen LogP contribution in [0.15, 0.2) is 58.3 Å². The lowest BCUT2D eigenvalue weighted by molar-refractivity contribution is -0.137. The third kappa shape index (κ3) is 5.69. The van der Waals surface area contributed by atoms with Gasteiger partial charge in [0.1, 0.15) is 0 Å². The van der Waals surface area contributed by atoms with Crippen molar-refractivity contribution in [1.82, 2.24) is 10.6 Å². The van der Waals surface area contributed by atoms with Crippen LogP contribution in [-0.4, -0.2) is 26.9 Å². The first-order chi connectivity index (χ1) is 15.1. The smallest absolute Gasteiger partial charge is 0.352 e. The minimum absolute atomic E-state index is 0.0816. The molecule has 2 aromatic rings. The van der Waals surface area contributed by atoms with Gasteiger partial charge in [-0.3, -0.25) is 4.79 Å². The fourth-order valence-electron chi connectivity index (χ4n) is 4.08. The van der Waals surface area contributed by atoms with Crippen LogP contribution in [0.25, 0.3) is 0 Å². The summed E-state index contributed by atoms with van der Waals surface area (Å²) in [6.45, 7) is 0.239. The monoisotopic (exact) mass is 468 g/mol. The highest BCUT2D eigenvalue weighted by molar-refractivity contribution is 7.91. The number of amides is 1. The Balaban J connectivity index is 1.65. The molecule has 2 N–H and O–H groups in total. The summed E-state index contributed by atoms with van der Waals surface area (Å²) in [7, 11) is -2.22. The van der Waals surface area contributed by atoms with E-state index in [1.165, 1.54) is 18.6 Å². The van der Waals surface area contributed by atoms with Crippen LogP contribution in [0.5, 0.6) is 0 Å². The summed E-state index contributed by atoms with van der Waals surface area (Å²) >= 11 is 0. The van der Waals surface area contributed by atoms with Crippen LogP contribution < -0.4 is 10.6 Å². The number of hydrogen-bond donors (Lipinski definition) is 2. The van der Waals surface area contributed by atoms with Crippen molar-refractivity contribution in [1.29, 1.82) is 0 Å². The average molecular weight is 469 g/mol. The highest BCUT2D eigenvalue weighted by Gasteiger charge is 2.33. The zero-order chi connectivity index (χ0) is 23.4. The Hall–Kier alpha value is -2.39. The zero-order valence-corrected chi connectivity index (χ0v) is 18.7.